The summed E-state index contributed by atoms with van der Waals surface area (Å²) in [5.41, 5.74) is -0.311. The van der Waals surface area contributed by atoms with Crippen LogP contribution in [0.4, 0.5) is 4.39 Å². The van der Waals surface area contributed by atoms with E-state index in [1.165, 1.54) is 12.1 Å². The Kier molecular flexibility index (Phi) is 4.01. The van der Waals surface area contributed by atoms with Crippen LogP contribution >= 0.6 is 0 Å². The van der Waals surface area contributed by atoms with Gasteiger partial charge in [-0.2, -0.15) is 0 Å². The fourth-order valence-corrected chi connectivity index (χ4v) is 2.50. The first-order chi connectivity index (χ1) is 10.7. The summed E-state index contributed by atoms with van der Waals surface area (Å²) in [6.07, 6.45) is 2.28. The second kappa shape index (κ2) is 5.60. The third-order valence-corrected chi connectivity index (χ3v) is 5.01. The number of nitrogens with one attached hydrogen (secondary N) is 1. The first-order valence-electron chi connectivity index (χ1n) is 8.13. The summed E-state index contributed by atoms with van der Waals surface area (Å²) >= 11 is 0. The molecular weight excluding hydrogens is 296 g/mol. The zero-order chi connectivity index (χ0) is 16.8. The minimum absolute atomic E-state index is 0.0610. The predicted octanol–water partition coefficient (Wildman–Crippen LogP) is 2.26. The van der Waals surface area contributed by atoms with Crippen molar-refractivity contribution in [1.29, 1.82) is 0 Å². The number of hydrogen-bond donors (Lipinski definition) is 1. The van der Waals surface area contributed by atoms with Crippen molar-refractivity contribution < 1.29 is 18.5 Å². The van der Waals surface area contributed by atoms with Crippen LogP contribution in [-0.2, 0) is 9.31 Å². The van der Waals surface area contributed by atoms with Crippen LogP contribution in [0.25, 0.3) is 0 Å². The van der Waals surface area contributed by atoms with Gasteiger partial charge in [-0.05, 0) is 64.1 Å². The summed E-state index contributed by atoms with van der Waals surface area (Å²) in [5, 5.41) is 2.78. The minimum Gasteiger partial charge on any atom is -0.399 e. The fraction of sp³-hybridized carbons (Fsp3) is 0.588. The Morgan fingerprint density at radius 1 is 1.26 bits per heavy atom. The normalized spacial score (nSPS) is 22.2. The molecule has 1 saturated carbocycles. The molecule has 1 aromatic carbocycles. The Hall–Kier alpha value is -1.40. The molecule has 1 aliphatic carbocycles. The van der Waals surface area contributed by atoms with Gasteiger partial charge >= 0.3 is 7.12 Å². The van der Waals surface area contributed by atoms with Crippen molar-refractivity contribution in [3.8, 4) is 0 Å². The molecule has 0 unspecified atom stereocenters. The van der Waals surface area contributed by atoms with Crippen molar-refractivity contribution in [2.75, 3.05) is 6.54 Å². The molecule has 0 bridgehead atoms. The quantitative estimate of drug-likeness (QED) is 0.866. The van der Waals surface area contributed by atoms with Gasteiger partial charge in [0.05, 0.1) is 16.8 Å². The van der Waals surface area contributed by atoms with E-state index in [0.717, 1.165) is 12.8 Å². The first kappa shape index (κ1) is 16.5. The molecule has 1 N–H and O–H groups in total. The van der Waals surface area contributed by atoms with Crippen molar-refractivity contribution in [1.82, 2.24) is 5.32 Å². The number of benzene rings is 1. The number of halogens is 1. The summed E-state index contributed by atoms with van der Waals surface area (Å²) in [5.74, 6) is -0.355. The van der Waals surface area contributed by atoms with E-state index in [-0.39, 0.29) is 11.5 Å². The van der Waals surface area contributed by atoms with E-state index >= 15 is 0 Å². The number of hydrogen-bond acceptors (Lipinski definition) is 3. The smallest absolute Gasteiger partial charge is 0.399 e. The summed E-state index contributed by atoms with van der Waals surface area (Å²) in [4.78, 5) is 12.0. The van der Waals surface area contributed by atoms with Gasteiger partial charge in [0.25, 0.3) is 5.91 Å². The fourth-order valence-electron chi connectivity index (χ4n) is 2.50. The highest BCUT2D eigenvalue weighted by Crippen LogP contribution is 2.36. The van der Waals surface area contributed by atoms with E-state index in [1.54, 1.807) is 6.07 Å². The molecule has 0 radical (unpaired) electrons. The Balaban J connectivity index is 1.73. The lowest BCUT2D eigenvalue weighted by Gasteiger charge is -2.32. The molecule has 2 fully saturated rings. The second-order valence-corrected chi connectivity index (χ2v) is 7.48. The molecule has 1 aliphatic heterocycles. The Morgan fingerprint density at radius 2 is 1.87 bits per heavy atom. The molecule has 1 heterocycles. The van der Waals surface area contributed by atoms with Crippen molar-refractivity contribution in [3.05, 3.63) is 29.6 Å². The molecule has 0 atom stereocenters. The molecule has 0 spiro atoms. The largest absolute Gasteiger partial charge is 0.494 e. The zero-order valence-electron chi connectivity index (χ0n) is 14.1. The van der Waals surface area contributed by atoms with E-state index in [9.17, 15) is 9.18 Å². The summed E-state index contributed by atoms with van der Waals surface area (Å²) in [6.45, 7) is 8.41. The van der Waals surface area contributed by atoms with Crippen molar-refractivity contribution in [2.24, 2.45) is 5.92 Å². The molecule has 6 heteroatoms. The van der Waals surface area contributed by atoms with E-state index < -0.39 is 24.1 Å². The molecular formula is C17H23BFNO3. The topological polar surface area (TPSA) is 47.6 Å². The van der Waals surface area contributed by atoms with Gasteiger partial charge in [-0.15, -0.1) is 0 Å². The van der Waals surface area contributed by atoms with Crippen LogP contribution in [0.15, 0.2) is 18.2 Å². The minimum atomic E-state index is -0.627. The predicted molar refractivity (Wildman–Crippen MR) is 87.2 cm³/mol. The van der Waals surface area contributed by atoms with Gasteiger partial charge in [0, 0.05) is 6.54 Å². The van der Waals surface area contributed by atoms with Gasteiger partial charge in [0.15, 0.2) is 0 Å². The van der Waals surface area contributed by atoms with Crippen molar-refractivity contribution in [3.63, 3.8) is 0 Å². The average molecular weight is 319 g/mol. The summed E-state index contributed by atoms with van der Waals surface area (Å²) in [6, 6.07) is 4.52. The van der Waals surface area contributed by atoms with Crippen LogP contribution in [-0.4, -0.2) is 30.8 Å². The standard InChI is InChI=1S/C17H23BFNO3/c1-16(2)17(3,4)23-18(22-16)12-7-8-13(14(19)9-12)15(21)20-10-11-5-6-11/h7-9,11H,5-6,10H2,1-4H3,(H,20,21). The maximum Gasteiger partial charge on any atom is 0.494 e. The Bertz CT molecular complexity index is 612. The molecule has 124 valence electrons. The Labute approximate surface area is 136 Å². The lowest BCUT2D eigenvalue weighted by atomic mass is 9.78. The van der Waals surface area contributed by atoms with Crippen LogP contribution in [0.2, 0.25) is 0 Å². The van der Waals surface area contributed by atoms with E-state index in [1.807, 2.05) is 27.7 Å². The number of amides is 1. The Morgan fingerprint density at radius 3 is 2.39 bits per heavy atom. The van der Waals surface area contributed by atoms with Crippen molar-refractivity contribution in [2.45, 2.75) is 51.7 Å². The highest BCUT2D eigenvalue weighted by molar-refractivity contribution is 6.62. The lowest BCUT2D eigenvalue weighted by Crippen LogP contribution is -2.41. The van der Waals surface area contributed by atoms with Crippen molar-refractivity contribution >= 4 is 18.5 Å². The van der Waals surface area contributed by atoms with E-state index in [2.05, 4.69) is 5.32 Å². The van der Waals surface area contributed by atoms with Crippen LogP contribution in [0.3, 0.4) is 0 Å². The molecule has 2 aliphatic rings. The van der Waals surface area contributed by atoms with Crippen LogP contribution in [0.1, 0.15) is 50.9 Å². The zero-order valence-corrected chi connectivity index (χ0v) is 14.1. The van der Waals surface area contributed by atoms with Crippen LogP contribution in [0.5, 0.6) is 0 Å². The highest BCUT2D eigenvalue weighted by Gasteiger charge is 2.51. The molecule has 1 saturated heterocycles. The molecule has 4 nitrogen and oxygen atoms in total. The maximum absolute atomic E-state index is 14.3. The third kappa shape index (κ3) is 3.28. The monoisotopic (exact) mass is 319 g/mol. The maximum atomic E-state index is 14.3. The second-order valence-electron chi connectivity index (χ2n) is 7.48. The average Bonchev–Trinajstić information content (AvgIpc) is 3.23. The van der Waals surface area contributed by atoms with Crippen LogP contribution < -0.4 is 10.8 Å². The van der Waals surface area contributed by atoms with Gasteiger partial charge in [-0.25, -0.2) is 4.39 Å². The molecule has 1 amide bonds. The summed E-state index contributed by atoms with van der Waals surface area (Å²) < 4.78 is 26.1. The van der Waals surface area contributed by atoms with E-state index in [0.29, 0.717) is 17.9 Å². The SMILES string of the molecule is CC1(C)OB(c2ccc(C(=O)NCC3CC3)c(F)c2)OC1(C)C. The summed E-state index contributed by atoms with van der Waals surface area (Å²) in [7, 11) is -0.627. The molecule has 23 heavy (non-hydrogen) atoms. The van der Waals surface area contributed by atoms with Gasteiger partial charge in [0.1, 0.15) is 5.82 Å². The molecule has 3 rings (SSSR count). The van der Waals surface area contributed by atoms with Gasteiger partial charge in [-0.3, -0.25) is 4.79 Å². The van der Waals surface area contributed by atoms with Gasteiger partial charge < -0.3 is 14.6 Å². The first-order valence-corrected chi connectivity index (χ1v) is 8.13. The third-order valence-electron chi connectivity index (χ3n) is 5.01. The number of rotatable bonds is 4. The highest BCUT2D eigenvalue weighted by atomic mass is 19.1. The number of carbonyl (C=O) groups excluding carboxylic acids is 1. The lowest BCUT2D eigenvalue weighted by molar-refractivity contribution is 0.00578. The van der Waals surface area contributed by atoms with E-state index in [4.69, 9.17) is 9.31 Å². The van der Waals surface area contributed by atoms with Gasteiger partial charge in [-0.1, -0.05) is 6.07 Å². The van der Waals surface area contributed by atoms with Gasteiger partial charge in [0.2, 0.25) is 0 Å². The molecule has 1 aromatic rings. The van der Waals surface area contributed by atoms with Crippen LogP contribution in [0, 0.1) is 11.7 Å². The number of carbonyl (C=O) groups is 1. The molecule has 0 aromatic heterocycles.